The van der Waals surface area contributed by atoms with Crippen molar-refractivity contribution in [1.29, 1.82) is 0 Å². The lowest BCUT2D eigenvalue weighted by atomic mass is 9.90. The van der Waals surface area contributed by atoms with E-state index in [2.05, 4.69) is 52.7 Å². The topological polar surface area (TPSA) is 15.3 Å². The first-order valence-electron chi connectivity index (χ1n) is 7.56. The Morgan fingerprint density at radius 1 is 0.909 bits per heavy atom. The standard InChI is InChI=1S/C18H21ClN2.ClH/c19-17-8-6-16(7-9-17)18(15-4-2-1-3-5-15)14-21-12-10-20-11-13-21;/h1-9,18,20H,10-14H2;1H. The maximum atomic E-state index is 6.04. The molecule has 4 heteroatoms. The summed E-state index contributed by atoms with van der Waals surface area (Å²) in [6, 6.07) is 19.1. The molecule has 1 fully saturated rings. The Kier molecular flexibility index (Phi) is 6.71. The Labute approximate surface area is 143 Å². The molecule has 1 N–H and O–H groups in total. The zero-order chi connectivity index (χ0) is 14.5. The minimum atomic E-state index is 0. The maximum Gasteiger partial charge on any atom is 0.0406 e. The summed E-state index contributed by atoms with van der Waals surface area (Å²) in [6.07, 6.45) is 0. The van der Waals surface area contributed by atoms with E-state index >= 15 is 0 Å². The predicted molar refractivity (Wildman–Crippen MR) is 96.3 cm³/mol. The van der Waals surface area contributed by atoms with Crippen LogP contribution in [-0.2, 0) is 0 Å². The van der Waals surface area contributed by atoms with Gasteiger partial charge in [0.1, 0.15) is 0 Å². The maximum absolute atomic E-state index is 6.04. The molecule has 0 aromatic heterocycles. The molecule has 1 heterocycles. The van der Waals surface area contributed by atoms with Gasteiger partial charge in [-0.25, -0.2) is 0 Å². The van der Waals surface area contributed by atoms with E-state index in [1.807, 2.05) is 12.1 Å². The van der Waals surface area contributed by atoms with Crippen molar-refractivity contribution in [2.75, 3.05) is 32.7 Å². The highest BCUT2D eigenvalue weighted by atomic mass is 35.5. The van der Waals surface area contributed by atoms with E-state index in [-0.39, 0.29) is 12.4 Å². The van der Waals surface area contributed by atoms with Crippen LogP contribution in [0.25, 0.3) is 0 Å². The van der Waals surface area contributed by atoms with Crippen molar-refractivity contribution in [3.05, 3.63) is 70.7 Å². The van der Waals surface area contributed by atoms with Gasteiger partial charge >= 0.3 is 0 Å². The molecule has 0 amide bonds. The van der Waals surface area contributed by atoms with Crippen LogP contribution in [0.1, 0.15) is 17.0 Å². The summed E-state index contributed by atoms with van der Waals surface area (Å²) in [7, 11) is 0. The Hall–Kier alpha value is -1.06. The fraction of sp³-hybridized carbons (Fsp3) is 0.333. The van der Waals surface area contributed by atoms with Gasteiger partial charge in [-0.15, -0.1) is 12.4 Å². The third-order valence-corrected chi connectivity index (χ3v) is 4.38. The highest BCUT2D eigenvalue weighted by Gasteiger charge is 2.19. The monoisotopic (exact) mass is 336 g/mol. The lowest BCUT2D eigenvalue weighted by Crippen LogP contribution is -2.45. The molecule has 1 atom stereocenters. The Morgan fingerprint density at radius 2 is 1.50 bits per heavy atom. The van der Waals surface area contributed by atoms with Crippen molar-refractivity contribution >= 4 is 24.0 Å². The fourth-order valence-electron chi connectivity index (χ4n) is 2.94. The van der Waals surface area contributed by atoms with Crippen LogP contribution in [-0.4, -0.2) is 37.6 Å². The predicted octanol–water partition coefficient (Wildman–Crippen LogP) is 3.80. The molecule has 1 aliphatic heterocycles. The van der Waals surface area contributed by atoms with Crippen LogP contribution in [0, 0.1) is 0 Å². The summed E-state index contributed by atoms with van der Waals surface area (Å²) in [5, 5.41) is 4.21. The molecule has 1 aliphatic rings. The van der Waals surface area contributed by atoms with Crippen LogP contribution in [0.4, 0.5) is 0 Å². The average molecular weight is 337 g/mol. The van der Waals surface area contributed by atoms with Gasteiger partial charge in [-0.3, -0.25) is 4.90 Å². The van der Waals surface area contributed by atoms with Crippen LogP contribution in [0.5, 0.6) is 0 Å². The Morgan fingerprint density at radius 3 is 2.14 bits per heavy atom. The van der Waals surface area contributed by atoms with Crippen LogP contribution < -0.4 is 5.32 Å². The summed E-state index contributed by atoms with van der Waals surface area (Å²) in [5.74, 6) is 0.404. The van der Waals surface area contributed by atoms with Crippen molar-refractivity contribution in [1.82, 2.24) is 10.2 Å². The van der Waals surface area contributed by atoms with Gasteiger partial charge in [-0.1, -0.05) is 54.1 Å². The molecule has 118 valence electrons. The summed E-state index contributed by atoms with van der Waals surface area (Å²) in [4.78, 5) is 2.54. The van der Waals surface area contributed by atoms with Crippen LogP contribution in [0.3, 0.4) is 0 Å². The normalized spacial score (nSPS) is 16.8. The molecule has 22 heavy (non-hydrogen) atoms. The van der Waals surface area contributed by atoms with Gasteiger partial charge in [0.15, 0.2) is 0 Å². The summed E-state index contributed by atoms with van der Waals surface area (Å²) in [6.45, 7) is 5.48. The molecule has 0 aliphatic carbocycles. The van der Waals surface area contributed by atoms with Gasteiger partial charge in [0.05, 0.1) is 0 Å². The largest absolute Gasteiger partial charge is 0.314 e. The van der Waals surface area contributed by atoms with Crippen LogP contribution in [0.15, 0.2) is 54.6 Å². The molecule has 1 unspecified atom stereocenters. The number of halogens is 2. The molecule has 0 saturated carbocycles. The zero-order valence-corrected chi connectivity index (χ0v) is 14.1. The van der Waals surface area contributed by atoms with E-state index in [4.69, 9.17) is 11.6 Å². The van der Waals surface area contributed by atoms with E-state index in [1.165, 1.54) is 11.1 Å². The summed E-state index contributed by atoms with van der Waals surface area (Å²) < 4.78 is 0. The summed E-state index contributed by atoms with van der Waals surface area (Å²) in [5.41, 5.74) is 2.71. The smallest absolute Gasteiger partial charge is 0.0406 e. The minimum absolute atomic E-state index is 0. The number of piperazine rings is 1. The van der Waals surface area contributed by atoms with Crippen molar-refractivity contribution in [2.24, 2.45) is 0 Å². The third kappa shape index (κ3) is 4.47. The average Bonchev–Trinajstić information content (AvgIpc) is 2.55. The molecule has 2 aromatic carbocycles. The van der Waals surface area contributed by atoms with Gasteiger partial charge in [-0.05, 0) is 23.3 Å². The quantitative estimate of drug-likeness (QED) is 0.913. The highest BCUT2D eigenvalue weighted by molar-refractivity contribution is 6.30. The summed E-state index contributed by atoms with van der Waals surface area (Å²) >= 11 is 6.04. The van der Waals surface area contributed by atoms with Gasteiger partial charge in [0, 0.05) is 43.7 Å². The lowest BCUT2D eigenvalue weighted by molar-refractivity contribution is 0.234. The SMILES string of the molecule is Cl.Clc1ccc(C(CN2CCNCC2)c2ccccc2)cc1. The second-order valence-electron chi connectivity index (χ2n) is 5.57. The number of benzene rings is 2. The van der Waals surface area contributed by atoms with Crippen molar-refractivity contribution in [2.45, 2.75) is 5.92 Å². The van der Waals surface area contributed by atoms with Crippen LogP contribution in [0.2, 0.25) is 5.02 Å². The van der Waals surface area contributed by atoms with Crippen LogP contribution >= 0.6 is 24.0 Å². The number of hydrogen-bond acceptors (Lipinski definition) is 2. The molecule has 0 bridgehead atoms. The Balaban J connectivity index is 0.00000176. The van der Waals surface area contributed by atoms with Crippen molar-refractivity contribution in [3.63, 3.8) is 0 Å². The van der Waals surface area contributed by atoms with E-state index in [0.29, 0.717) is 5.92 Å². The molecule has 3 rings (SSSR count). The van der Waals surface area contributed by atoms with Crippen molar-refractivity contribution in [3.8, 4) is 0 Å². The molecular weight excluding hydrogens is 315 g/mol. The molecule has 2 aromatic rings. The number of nitrogens with zero attached hydrogens (tertiary/aromatic N) is 1. The van der Waals surface area contributed by atoms with Gasteiger partial charge in [0.2, 0.25) is 0 Å². The first-order valence-corrected chi connectivity index (χ1v) is 7.94. The first kappa shape index (κ1) is 17.3. The molecule has 2 nitrogen and oxygen atoms in total. The molecular formula is C18H22Cl2N2. The lowest BCUT2D eigenvalue weighted by Gasteiger charge is -2.31. The van der Waals surface area contributed by atoms with E-state index in [0.717, 1.165) is 37.7 Å². The number of rotatable bonds is 4. The second-order valence-corrected chi connectivity index (χ2v) is 6.00. The van der Waals surface area contributed by atoms with E-state index in [9.17, 15) is 0 Å². The first-order chi connectivity index (χ1) is 10.3. The van der Waals surface area contributed by atoms with E-state index < -0.39 is 0 Å². The van der Waals surface area contributed by atoms with E-state index in [1.54, 1.807) is 0 Å². The zero-order valence-electron chi connectivity index (χ0n) is 12.5. The molecule has 0 radical (unpaired) electrons. The Bertz CT molecular complexity index is 551. The van der Waals surface area contributed by atoms with Gasteiger partial charge in [-0.2, -0.15) is 0 Å². The number of hydrogen-bond donors (Lipinski definition) is 1. The van der Waals surface area contributed by atoms with Crippen molar-refractivity contribution < 1.29 is 0 Å². The minimum Gasteiger partial charge on any atom is -0.314 e. The second kappa shape index (κ2) is 8.54. The third-order valence-electron chi connectivity index (χ3n) is 4.12. The van der Waals surface area contributed by atoms with Gasteiger partial charge in [0.25, 0.3) is 0 Å². The molecule has 1 saturated heterocycles. The van der Waals surface area contributed by atoms with Gasteiger partial charge < -0.3 is 5.32 Å². The number of nitrogens with one attached hydrogen (secondary N) is 1. The molecule has 0 spiro atoms. The fourth-order valence-corrected chi connectivity index (χ4v) is 3.06. The highest BCUT2D eigenvalue weighted by Crippen LogP contribution is 2.27.